The number of thioether (sulfide) groups is 1. The zero-order chi connectivity index (χ0) is 8.97. The lowest BCUT2D eigenvalue weighted by molar-refractivity contribution is -0.114. The third kappa shape index (κ3) is 2.42. The molecule has 1 aromatic heterocycles. The predicted molar refractivity (Wildman–Crippen MR) is 43.7 cm³/mol. The molecule has 6 nitrogen and oxygen atoms in total. The molecule has 1 amide bonds. The van der Waals surface area contributed by atoms with Gasteiger partial charge in [-0.1, -0.05) is 11.8 Å². The number of nitrogens with zero attached hydrogens (tertiary/aromatic N) is 4. The van der Waals surface area contributed by atoms with Gasteiger partial charge in [0.05, 0.1) is 0 Å². The van der Waals surface area contributed by atoms with Crippen LogP contribution in [-0.2, 0) is 4.79 Å². The van der Waals surface area contributed by atoms with Gasteiger partial charge in [0, 0.05) is 6.92 Å². The monoisotopic (exact) mass is 185 g/mol. The van der Waals surface area contributed by atoms with Crippen molar-refractivity contribution in [1.29, 1.82) is 0 Å². The Balaban J connectivity index is 2.71. The van der Waals surface area contributed by atoms with E-state index in [-0.39, 0.29) is 11.9 Å². The highest BCUT2D eigenvalue weighted by atomic mass is 32.2. The highest BCUT2D eigenvalue weighted by molar-refractivity contribution is 7.98. The van der Waals surface area contributed by atoms with Gasteiger partial charge >= 0.3 is 0 Å². The van der Waals surface area contributed by atoms with Crippen molar-refractivity contribution in [2.45, 2.75) is 12.1 Å². The summed E-state index contributed by atoms with van der Waals surface area (Å²) in [4.78, 5) is 10.5. The molecule has 7 heteroatoms. The van der Waals surface area contributed by atoms with E-state index in [0.717, 1.165) is 0 Å². The van der Waals surface area contributed by atoms with Crippen LogP contribution in [0, 0.1) is 0 Å². The van der Waals surface area contributed by atoms with Crippen LogP contribution in [0.3, 0.4) is 0 Å². The molecule has 0 atom stereocenters. The molecule has 0 aliphatic heterocycles. The molecule has 0 radical (unpaired) electrons. The molecule has 0 saturated heterocycles. The van der Waals surface area contributed by atoms with Gasteiger partial charge in [0.25, 0.3) is 5.95 Å². The molecule has 1 aromatic rings. The average Bonchev–Trinajstić information content (AvgIpc) is 2.05. The Morgan fingerprint density at radius 2 is 1.92 bits per heavy atom. The smallest absolute Gasteiger partial charge is 0.268 e. The fourth-order valence-electron chi connectivity index (χ4n) is 0.509. The molecule has 0 aliphatic carbocycles. The molecule has 1 rings (SSSR count). The van der Waals surface area contributed by atoms with Crippen LogP contribution in [0.2, 0.25) is 0 Å². The van der Waals surface area contributed by atoms with E-state index in [2.05, 4.69) is 25.7 Å². The molecule has 0 saturated carbocycles. The Morgan fingerprint density at radius 1 is 1.33 bits per heavy atom. The largest absolute Gasteiger partial charge is 0.292 e. The standard InChI is InChI=1S/C5H7N5OS/c1-3(11)6-4-7-9-5(12-2)10-8-4/h1-2H3,(H,6,7,8,11). The number of rotatable bonds is 2. The summed E-state index contributed by atoms with van der Waals surface area (Å²) in [6, 6.07) is 0. The molecule has 0 unspecified atom stereocenters. The number of amides is 1. The number of hydrogen-bond acceptors (Lipinski definition) is 6. The van der Waals surface area contributed by atoms with E-state index in [9.17, 15) is 4.79 Å². The molecule has 0 fully saturated rings. The minimum Gasteiger partial charge on any atom is -0.292 e. The van der Waals surface area contributed by atoms with Crippen LogP contribution < -0.4 is 5.32 Å². The van der Waals surface area contributed by atoms with Crippen molar-refractivity contribution in [3.8, 4) is 0 Å². The predicted octanol–water partition coefficient (Wildman–Crippen LogP) is -0.0531. The van der Waals surface area contributed by atoms with E-state index in [1.807, 2.05) is 6.26 Å². The Hall–Kier alpha value is -1.24. The van der Waals surface area contributed by atoms with Gasteiger partial charge in [-0.3, -0.25) is 10.1 Å². The fourth-order valence-corrected chi connectivity index (χ4v) is 0.754. The lowest BCUT2D eigenvalue weighted by Gasteiger charge is -1.96. The van der Waals surface area contributed by atoms with Crippen LogP contribution in [0.1, 0.15) is 6.92 Å². The first-order valence-corrected chi connectivity index (χ1v) is 4.34. The first kappa shape index (κ1) is 8.85. The third-order valence-corrected chi connectivity index (χ3v) is 1.46. The molecule has 0 bridgehead atoms. The maximum atomic E-state index is 10.5. The SMILES string of the molecule is CSc1nnc(NC(C)=O)nn1. The summed E-state index contributed by atoms with van der Waals surface area (Å²) in [6.45, 7) is 1.37. The topological polar surface area (TPSA) is 80.7 Å². The van der Waals surface area contributed by atoms with Gasteiger partial charge < -0.3 is 0 Å². The second-order valence-corrected chi connectivity index (χ2v) is 2.66. The molecule has 1 N–H and O–H groups in total. The number of hydrogen-bond donors (Lipinski definition) is 1. The number of carbonyl (C=O) groups is 1. The van der Waals surface area contributed by atoms with Gasteiger partial charge in [0.2, 0.25) is 11.1 Å². The fraction of sp³-hybridized carbons (Fsp3) is 0.400. The maximum Gasteiger partial charge on any atom is 0.268 e. The van der Waals surface area contributed by atoms with Crippen molar-refractivity contribution < 1.29 is 4.79 Å². The Kier molecular flexibility index (Phi) is 2.92. The summed E-state index contributed by atoms with van der Waals surface area (Å²) in [5.74, 6) is -0.115. The van der Waals surface area contributed by atoms with Gasteiger partial charge in [-0.25, -0.2) is 0 Å². The summed E-state index contributed by atoms with van der Waals surface area (Å²) < 4.78 is 0. The first-order valence-electron chi connectivity index (χ1n) is 3.11. The zero-order valence-corrected chi connectivity index (χ0v) is 7.42. The minimum atomic E-state index is -0.240. The van der Waals surface area contributed by atoms with Gasteiger partial charge in [0.1, 0.15) is 0 Å². The summed E-state index contributed by atoms with van der Waals surface area (Å²) >= 11 is 1.34. The summed E-state index contributed by atoms with van der Waals surface area (Å²) in [5, 5.41) is 17.4. The van der Waals surface area contributed by atoms with Crippen LogP contribution in [0.25, 0.3) is 0 Å². The highest BCUT2D eigenvalue weighted by Gasteiger charge is 2.00. The van der Waals surface area contributed by atoms with Crippen molar-refractivity contribution in [2.75, 3.05) is 11.6 Å². The molecular weight excluding hydrogens is 178 g/mol. The Bertz CT molecular complexity index is 274. The summed E-state index contributed by atoms with van der Waals surface area (Å²) in [7, 11) is 0. The molecule has 0 aromatic carbocycles. The van der Waals surface area contributed by atoms with E-state index in [1.165, 1.54) is 18.7 Å². The van der Waals surface area contributed by atoms with E-state index in [1.54, 1.807) is 0 Å². The molecule has 1 heterocycles. The molecular formula is C5H7N5OS. The van der Waals surface area contributed by atoms with E-state index >= 15 is 0 Å². The summed E-state index contributed by atoms with van der Waals surface area (Å²) in [6.07, 6.45) is 1.82. The van der Waals surface area contributed by atoms with Crippen molar-refractivity contribution in [1.82, 2.24) is 20.4 Å². The number of nitrogens with one attached hydrogen (secondary N) is 1. The van der Waals surface area contributed by atoms with Crippen LogP contribution in [0.4, 0.5) is 5.95 Å². The van der Waals surface area contributed by atoms with Gasteiger partial charge in [-0.05, 0) is 6.26 Å². The van der Waals surface area contributed by atoms with E-state index in [0.29, 0.717) is 5.16 Å². The minimum absolute atomic E-state index is 0.125. The quantitative estimate of drug-likeness (QED) is 0.650. The summed E-state index contributed by atoms with van der Waals surface area (Å²) in [5.41, 5.74) is 0. The van der Waals surface area contributed by atoms with Crippen molar-refractivity contribution in [2.24, 2.45) is 0 Å². The van der Waals surface area contributed by atoms with Crippen LogP contribution in [0.15, 0.2) is 5.16 Å². The number of carbonyl (C=O) groups excluding carboxylic acids is 1. The first-order chi connectivity index (χ1) is 5.72. The van der Waals surface area contributed by atoms with Crippen LogP contribution in [0.5, 0.6) is 0 Å². The normalized spacial score (nSPS) is 9.50. The van der Waals surface area contributed by atoms with Crippen molar-refractivity contribution in [3.05, 3.63) is 0 Å². The molecule has 0 aliphatic rings. The third-order valence-electron chi connectivity index (χ3n) is 0.931. The molecule has 0 spiro atoms. The lowest BCUT2D eigenvalue weighted by Crippen LogP contribution is -2.11. The number of aromatic nitrogens is 4. The van der Waals surface area contributed by atoms with Crippen molar-refractivity contribution >= 4 is 23.6 Å². The van der Waals surface area contributed by atoms with Gasteiger partial charge in [-0.2, -0.15) is 0 Å². The van der Waals surface area contributed by atoms with Gasteiger partial charge in [0.15, 0.2) is 0 Å². The highest BCUT2D eigenvalue weighted by Crippen LogP contribution is 2.04. The Morgan fingerprint density at radius 3 is 2.33 bits per heavy atom. The maximum absolute atomic E-state index is 10.5. The lowest BCUT2D eigenvalue weighted by atomic mass is 10.7. The number of anilines is 1. The van der Waals surface area contributed by atoms with E-state index < -0.39 is 0 Å². The van der Waals surface area contributed by atoms with Gasteiger partial charge in [-0.15, -0.1) is 20.4 Å². The second kappa shape index (κ2) is 3.96. The molecule has 64 valence electrons. The average molecular weight is 185 g/mol. The molecule has 12 heavy (non-hydrogen) atoms. The van der Waals surface area contributed by atoms with E-state index in [4.69, 9.17) is 0 Å². The Labute approximate surface area is 73.2 Å². The van der Waals surface area contributed by atoms with Crippen LogP contribution in [-0.4, -0.2) is 32.6 Å². The zero-order valence-electron chi connectivity index (χ0n) is 6.61. The second-order valence-electron chi connectivity index (χ2n) is 1.89. The van der Waals surface area contributed by atoms with Crippen molar-refractivity contribution in [3.63, 3.8) is 0 Å². The van der Waals surface area contributed by atoms with Crippen LogP contribution >= 0.6 is 11.8 Å².